The second kappa shape index (κ2) is 6.80. The second-order valence-corrected chi connectivity index (χ2v) is 5.48. The van der Waals surface area contributed by atoms with Crippen LogP contribution in [0.3, 0.4) is 0 Å². The molecule has 116 valence electrons. The lowest BCUT2D eigenvalue weighted by atomic mass is 10.1. The number of esters is 1. The molecule has 2 rings (SSSR count). The predicted molar refractivity (Wildman–Crippen MR) is 85.7 cm³/mol. The Kier molecular flexibility index (Phi) is 5.07. The monoisotopic (exact) mass is 291 g/mol. The molecular weight excluding hydrogens is 266 g/mol. The Bertz CT molecular complexity index is 504. The summed E-state index contributed by atoms with van der Waals surface area (Å²) in [6.45, 7) is 7.31. The number of piperazine rings is 1. The first-order valence-electron chi connectivity index (χ1n) is 7.58. The fraction of sp³-hybridized carbons (Fsp3) is 0.562. The van der Waals surface area contributed by atoms with Crippen LogP contribution in [-0.4, -0.2) is 50.2 Å². The normalized spacial score (nSPS) is 19.6. The number of ether oxygens (including phenoxy) is 1. The Labute approximate surface area is 126 Å². The highest BCUT2D eigenvalue weighted by Crippen LogP contribution is 2.24. The maximum atomic E-state index is 11.9. The molecule has 0 aliphatic carbocycles. The van der Waals surface area contributed by atoms with Crippen molar-refractivity contribution in [3.63, 3.8) is 0 Å². The van der Waals surface area contributed by atoms with Crippen LogP contribution in [0.15, 0.2) is 18.2 Å². The third kappa shape index (κ3) is 3.47. The van der Waals surface area contributed by atoms with E-state index < -0.39 is 0 Å². The minimum Gasteiger partial charge on any atom is -0.462 e. The van der Waals surface area contributed by atoms with Crippen molar-refractivity contribution in [3.8, 4) is 0 Å². The summed E-state index contributed by atoms with van der Waals surface area (Å²) in [7, 11) is 2.17. The van der Waals surface area contributed by atoms with Gasteiger partial charge < -0.3 is 15.4 Å². The molecule has 0 amide bonds. The first-order chi connectivity index (χ1) is 10.1. The summed E-state index contributed by atoms with van der Waals surface area (Å²) in [5.74, 6) is -0.349. The standard InChI is InChI=1S/C16H25N3O2/c1-4-12-11-19(9-8-18(12)3)13-6-7-15(17)14(10-13)16(20)21-5-2/h6-7,10,12H,4-5,8-9,11,17H2,1-3H3. The van der Waals surface area contributed by atoms with Crippen molar-refractivity contribution in [2.24, 2.45) is 0 Å². The van der Waals surface area contributed by atoms with Gasteiger partial charge in [-0.2, -0.15) is 0 Å². The SMILES string of the molecule is CCOC(=O)c1cc(N2CCN(C)C(CC)C2)ccc1N. The van der Waals surface area contributed by atoms with E-state index in [0.717, 1.165) is 31.7 Å². The van der Waals surface area contributed by atoms with Gasteiger partial charge in [0.15, 0.2) is 0 Å². The van der Waals surface area contributed by atoms with Gasteiger partial charge in [0.05, 0.1) is 12.2 Å². The van der Waals surface area contributed by atoms with E-state index in [1.54, 1.807) is 13.0 Å². The van der Waals surface area contributed by atoms with E-state index in [0.29, 0.717) is 23.9 Å². The number of anilines is 2. The molecule has 1 saturated heterocycles. The number of rotatable bonds is 4. The van der Waals surface area contributed by atoms with Gasteiger partial charge in [-0.15, -0.1) is 0 Å². The first kappa shape index (κ1) is 15.6. The molecule has 5 heteroatoms. The van der Waals surface area contributed by atoms with Crippen molar-refractivity contribution in [2.45, 2.75) is 26.3 Å². The second-order valence-electron chi connectivity index (χ2n) is 5.48. The number of hydrogen-bond acceptors (Lipinski definition) is 5. The lowest BCUT2D eigenvalue weighted by molar-refractivity contribution is 0.0527. The average molecular weight is 291 g/mol. The van der Waals surface area contributed by atoms with Crippen LogP contribution < -0.4 is 10.6 Å². The molecule has 0 bridgehead atoms. The van der Waals surface area contributed by atoms with E-state index >= 15 is 0 Å². The van der Waals surface area contributed by atoms with Gasteiger partial charge >= 0.3 is 5.97 Å². The van der Waals surface area contributed by atoms with Gasteiger partial charge in [0.25, 0.3) is 0 Å². The Morgan fingerprint density at radius 1 is 1.38 bits per heavy atom. The van der Waals surface area contributed by atoms with Gasteiger partial charge in [-0.3, -0.25) is 4.90 Å². The van der Waals surface area contributed by atoms with Gasteiger partial charge in [0.1, 0.15) is 0 Å². The molecule has 1 atom stereocenters. The number of carbonyl (C=O) groups is 1. The summed E-state index contributed by atoms with van der Waals surface area (Å²) in [5.41, 5.74) is 7.87. The zero-order valence-corrected chi connectivity index (χ0v) is 13.1. The Morgan fingerprint density at radius 2 is 2.14 bits per heavy atom. The lowest BCUT2D eigenvalue weighted by Crippen LogP contribution is -2.51. The van der Waals surface area contributed by atoms with E-state index in [-0.39, 0.29) is 5.97 Å². The minimum atomic E-state index is -0.349. The molecule has 0 aromatic heterocycles. The average Bonchev–Trinajstić information content (AvgIpc) is 2.48. The zero-order chi connectivity index (χ0) is 15.4. The molecule has 1 unspecified atom stereocenters. The van der Waals surface area contributed by atoms with E-state index in [2.05, 4.69) is 23.8 Å². The van der Waals surface area contributed by atoms with Gasteiger partial charge in [-0.1, -0.05) is 6.92 Å². The molecule has 1 aromatic carbocycles. The highest BCUT2D eigenvalue weighted by molar-refractivity contribution is 5.96. The summed E-state index contributed by atoms with van der Waals surface area (Å²) in [6, 6.07) is 6.17. The van der Waals surface area contributed by atoms with Crippen molar-refractivity contribution in [1.82, 2.24) is 4.90 Å². The molecule has 1 aliphatic rings. The van der Waals surface area contributed by atoms with Crippen LogP contribution in [0.2, 0.25) is 0 Å². The van der Waals surface area contributed by atoms with Crippen molar-refractivity contribution in [2.75, 3.05) is 43.9 Å². The fourth-order valence-electron chi connectivity index (χ4n) is 2.75. The van der Waals surface area contributed by atoms with Gasteiger partial charge in [0.2, 0.25) is 0 Å². The topological polar surface area (TPSA) is 58.8 Å². The molecule has 1 aromatic rings. The van der Waals surface area contributed by atoms with E-state index in [1.807, 2.05) is 12.1 Å². The molecule has 1 heterocycles. The number of likely N-dealkylation sites (N-methyl/N-ethyl adjacent to an activating group) is 1. The van der Waals surface area contributed by atoms with E-state index in [4.69, 9.17) is 10.5 Å². The van der Waals surface area contributed by atoms with Crippen LogP contribution in [0.4, 0.5) is 11.4 Å². The maximum Gasteiger partial charge on any atom is 0.340 e. The summed E-state index contributed by atoms with van der Waals surface area (Å²) >= 11 is 0. The quantitative estimate of drug-likeness (QED) is 0.679. The molecule has 0 saturated carbocycles. The van der Waals surface area contributed by atoms with Gasteiger partial charge in [-0.25, -0.2) is 4.79 Å². The summed E-state index contributed by atoms with van der Waals surface area (Å²) in [6.07, 6.45) is 1.12. The highest BCUT2D eigenvalue weighted by Gasteiger charge is 2.24. The Hall–Kier alpha value is -1.75. The molecule has 0 radical (unpaired) electrons. The Morgan fingerprint density at radius 3 is 2.81 bits per heavy atom. The number of hydrogen-bond donors (Lipinski definition) is 1. The molecule has 1 fully saturated rings. The van der Waals surface area contributed by atoms with Crippen LogP contribution in [-0.2, 0) is 4.74 Å². The van der Waals surface area contributed by atoms with Crippen molar-refractivity contribution in [3.05, 3.63) is 23.8 Å². The van der Waals surface area contributed by atoms with Crippen LogP contribution in [0.25, 0.3) is 0 Å². The summed E-state index contributed by atoms with van der Waals surface area (Å²) in [5, 5.41) is 0. The van der Waals surface area contributed by atoms with Crippen LogP contribution >= 0.6 is 0 Å². The molecule has 2 N–H and O–H groups in total. The van der Waals surface area contributed by atoms with Crippen molar-refractivity contribution < 1.29 is 9.53 Å². The van der Waals surface area contributed by atoms with Crippen LogP contribution in [0.5, 0.6) is 0 Å². The predicted octanol–water partition coefficient (Wildman–Crippen LogP) is 1.98. The highest BCUT2D eigenvalue weighted by atomic mass is 16.5. The number of nitrogen functional groups attached to an aromatic ring is 1. The lowest BCUT2D eigenvalue weighted by Gasteiger charge is -2.40. The largest absolute Gasteiger partial charge is 0.462 e. The van der Waals surface area contributed by atoms with Gasteiger partial charge in [-0.05, 0) is 38.6 Å². The van der Waals surface area contributed by atoms with Crippen LogP contribution in [0.1, 0.15) is 30.6 Å². The van der Waals surface area contributed by atoms with Crippen molar-refractivity contribution in [1.29, 1.82) is 0 Å². The molecule has 21 heavy (non-hydrogen) atoms. The summed E-state index contributed by atoms with van der Waals surface area (Å²) < 4.78 is 5.06. The van der Waals surface area contributed by atoms with Crippen LogP contribution in [0, 0.1) is 0 Å². The molecule has 1 aliphatic heterocycles. The molecule has 0 spiro atoms. The first-order valence-corrected chi connectivity index (χ1v) is 7.58. The molecule has 5 nitrogen and oxygen atoms in total. The number of benzene rings is 1. The number of nitrogens with two attached hydrogens (primary N) is 1. The van der Waals surface area contributed by atoms with E-state index in [1.165, 1.54) is 0 Å². The fourth-order valence-corrected chi connectivity index (χ4v) is 2.75. The summed E-state index contributed by atoms with van der Waals surface area (Å²) in [4.78, 5) is 16.6. The van der Waals surface area contributed by atoms with Crippen molar-refractivity contribution >= 4 is 17.3 Å². The number of carbonyl (C=O) groups excluding carboxylic acids is 1. The maximum absolute atomic E-state index is 11.9. The molecular formula is C16H25N3O2. The minimum absolute atomic E-state index is 0.349. The zero-order valence-electron chi connectivity index (χ0n) is 13.1. The number of nitrogens with zero attached hydrogens (tertiary/aromatic N) is 2. The third-order valence-electron chi connectivity index (χ3n) is 4.15. The smallest absolute Gasteiger partial charge is 0.340 e. The van der Waals surface area contributed by atoms with Gasteiger partial charge in [0, 0.05) is 37.1 Å². The van der Waals surface area contributed by atoms with E-state index in [9.17, 15) is 4.79 Å². The Balaban J connectivity index is 2.20. The third-order valence-corrected chi connectivity index (χ3v) is 4.15.